The Morgan fingerprint density at radius 2 is 1.91 bits per heavy atom. The molecule has 1 aliphatic heterocycles. The van der Waals surface area contributed by atoms with E-state index in [0.29, 0.717) is 11.4 Å². The van der Waals surface area contributed by atoms with Crippen LogP contribution < -0.4 is 10.2 Å². The quantitative estimate of drug-likeness (QED) is 0.460. The first-order chi connectivity index (χ1) is 15.5. The second kappa shape index (κ2) is 8.08. The summed E-state index contributed by atoms with van der Waals surface area (Å²) < 4.78 is 0. The zero-order valence-corrected chi connectivity index (χ0v) is 18.4. The Kier molecular flexibility index (Phi) is 5.10. The highest BCUT2D eigenvalue weighted by molar-refractivity contribution is 6.04. The van der Waals surface area contributed by atoms with Crippen LogP contribution in [0.15, 0.2) is 36.7 Å². The first kappa shape index (κ1) is 20.2. The molecule has 0 atom stereocenters. The van der Waals surface area contributed by atoms with Crippen molar-refractivity contribution in [3.63, 3.8) is 0 Å². The predicted molar refractivity (Wildman–Crippen MR) is 125 cm³/mol. The van der Waals surface area contributed by atoms with Crippen molar-refractivity contribution < 1.29 is 4.79 Å². The van der Waals surface area contributed by atoms with Crippen LogP contribution in [0, 0.1) is 13.8 Å². The maximum atomic E-state index is 12.6. The first-order valence-electron chi connectivity index (χ1n) is 10.7. The lowest BCUT2D eigenvalue weighted by atomic mass is 10.1. The number of piperazine rings is 1. The van der Waals surface area contributed by atoms with E-state index in [1.54, 1.807) is 6.20 Å². The molecule has 0 spiro atoms. The fourth-order valence-corrected chi connectivity index (χ4v) is 3.93. The summed E-state index contributed by atoms with van der Waals surface area (Å²) in [7, 11) is 2.15. The van der Waals surface area contributed by atoms with Crippen molar-refractivity contribution in [3.8, 4) is 11.3 Å². The van der Waals surface area contributed by atoms with Crippen molar-refractivity contribution in [1.82, 2.24) is 30.0 Å². The number of hydrogen-bond donors (Lipinski definition) is 3. The number of fused-ring (bicyclic) bond motifs is 1. The van der Waals surface area contributed by atoms with E-state index in [4.69, 9.17) is 0 Å². The highest BCUT2D eigenvalue weighted by atomic mass is 16.1. The number of carbonyl (C=O) groups is 1. The molecule has 4 aromatic rings. The SMILES string of the molecule is Cc1[nH]nc(C(=O)Nc2cnc3[nH]c(-c4ccnc(N5CCN(C)CC5)c4)cc3c2)c1C. The number of aryl methyl sites for hydroxylation is 1. The monoisotopic (exact) mass is 430 g/mol. The topological polar surface area (TPSA) is 106 Å². The minimum absolute atomic E-state index is 0.255. The summed E-state index contributed by atoms with van der Waals surface area (Å²) >= 11 is 0. The normalized spacial score (nSPS) is 14.8. The third kappa shape index (κ3) is 3.82. The van der Waals surface area contributed by atoms with E-state index in [9.17, 15) is 4.79 Å². The number of aromatic amines is 2. The average molecular weight is 431 g/mol. The van der Waals surface area contributed by atoms with Gasteiger partial charge in [0.15, 0.2) is 5.69 Å². The Bertz CT molecular complexity index is 1280. The zero-order valence-electron chi connectivity index (χ0n) is 18.4. The molecule has 0 unspecified atom stereocenters. The van der Waals surface area contributed by atoms with Gasteiger partial charge in [-0.05, 0) is 45.2 Å². The molecule has 1 aliphatic rings. The minimum atomic E-state index is -0.255. The Morgan fingerprint density at radius 1 is 1.09 bits per heavy atom. The van der Waals surface area contributed by atoms with Gasteiger partial charge in [0.25, 0.3) is 5.91 Å². The van der Waals surface area contributed by atoms with Crippen LogP contribution in [-0.4, -0.2) is 69.2 Å². The molecule has 1 amide bonds. The number of aromatic nitrogens is 5. The van der Waals surface area contributed by atoms with E-state index in [2.05, 4.69) is 53.4 Å². The first-order valence-corrected chi connectivity index (χ1v) is 10.7. The number of pyridine rings is 2. The molecular formula is C23H26N8O. The lowest BCUT2D eigenvalue weighted by Gasteiger charge is -2.33. The maximum absolute atomic E-state index is 12.6. The number of nitrogens with zero attached hydrogens (tertiary/aromatic N) is 5. The highest BCUT2D eigenvalue weighted by Gasteiger charge is 2.17. The smallest absolute Gasteiger partial charge is 0.276 e. The number of rotatable bonds is 4. The molecule has 9 nitrogen and oxygen atoms in total. The molecule has 164 valence electrons. The van der Waals surface area contributed by atoms with Gasteiger partial charge >= 0.3 is 0 Å². The van der Waals surface area contributed by atoms with E-state index in [-0.39, 0.29) is 5.91 Å². The van der Waals surface area contributed by atoms with Crippen molar-refractivity contribution in [3.05, 3.63) is 53.6 Å². The van der Waals surface area contributed by atoms with Gasteiger partial charge in [-0.15, -0.1) is 0 Å². The van der Waals surface area contributed by atoms with Gasteiger partial charge in [0.1, 0.15) is 11.5 Å². The molecule has 1 fully saturated rings. The van der Waals surface area contributed by atoms with E-state index in [0.717, 1.165) is 65.5 Å². The number of carbonyl (C=O) groups excluding carboxylic acids is 1. The predicted octanol–water partition coefficient (Wildman–Crippen LogP) is 2.97. The third-order valence-corrected chi connectivity index (χ3v) is 6.08. The number of likely N-dealkylation sites (N-methyl/N-ethyl adjacent to an activating group) is 1. The second-order valence-corrected chi connectivity index (χ2v) is 8.31. The summed E-state index contributed by atoms with van der Waals surface area (Å²) in [6.07, 6.45) is 3.50. The maximum Gasteiger partial charge on any atom is 0.276 e. The second-order valence-electron chi connectivity index (χ2n) is 8.31. The van der Waals surface area contributed by atoms with Crippen LogP contribution in [0.4, 0.5) is 11.5 Å². The third-order valence-electron chi connectivity index (χ3n) is 6.08. The van der Waals surface area contributed by atoms with Gasteiger partial charge in [-0.2, -0.15) is 5.10 Å². The molecule has 3 N–H and O–H groups in total. The van der Waals surface area contributed by atoms with Gasteiger partial charge in [-0.1, -0.05) is 0 Å². The molecule has 0 bridgehead atoms. The summed E-state index contributed by atoms with van der Waals surface area (Å²) in [5.41, 5.74) is 5.53. The van der Waals surface area contributed by atoms with Crippen LogP contribution in [0.25, 0.3) is 22.3 Å². The van der Waals surface area contributed by atoms with Crippen LogP contribution in [-0.2, 0) is 0 Å². The van der Waals surface area contributed by atoms with E-state index in [1.807, 2.05) is 38.2 Å². The van der Waals surface area contributed by atoms with Crippen molar-refractivity contribution >= 4 is 28.4 Å². The molecule has 0 aliphatic carbocycles. The van der Waals surface area contributed by atoms with E-state index >= 15 is 0 Å². The molecule has 0 aromatic carbocycles. The molecule has 4 aromatic heterocycles. The molecule has 5 rings (SSSR count). The minimum Gasteiger partial charge on any atom is -0.354 e. The highest BCUT2D eigenvalue weighted by Crippen LogP contribution is 2.27. The van der Waals surface area contributed by atoms with Crippen molar-refractivity contribution in [2.75, 3.05) is 43.4 Å². The van der Waals surface area contributed by atoms with Gasteiger partial charge in [0.05, 0.1) is 11.9 Å². The number of amides is 1. The summed E-state index contributed by atoms with van der Waals surface area (Å²) in [5, 5.41) is 10.7. The zero-order chi connectivity index (χ0) is 22.2. The van der Waals surface area contributed by atoms with Gasteiger partial charge in [-0.25, -0.2) is 9.97 Å². The van der Waals surface area contributed by atoms with Crippen LogP contribution >= 0.6 is 0 Å². The summed E-state index contributed by atoms with van der Waals surface area (Å²) in [6, 6.07) is 8.07. The molecule has 1 saturated heterocycles. The van der Waals surface area contributed by atoms with Gasteiger partial charge in [0, 0.05) is 60.3 Å². The standard InChI is InChI=1S/C23H26N8O/c1-14-15(2)28-29-21(14)23(32)26-18-10-17-11-19(27-22(17)25-13-18)16-4-5-24-20(12-16)31-8-6-30(3)7-9-31/h4-5,10-13H,6-9H2,1-3H3,(H,25,27)(H,26,32)(H,28,29). The van der Waals surface area contributed by atoms with Crippen LogP contribution in [0.1, 0.15) is 21.7 Å². The molecule has 0 radical (unpaired) electrons. The molecule has 32 heavy (non-hydrogen) atoms. The fourth-order valence-electron chi connectivity index (χ4n) is 3.93. The number of H-pyrrole nitrogens is 2. The molecular weight excluding hydrogens is 404 g/mol. The fraction of sp³-hybridized carbons (Fsp3) is 0.304. The van der Waals surface area contributed by atoms with E-state index in [1.165, 1.54) is 0 Å². The average Bonchev–Trinajstić information content (AvgIpc) is 3.37. The lowest BCUT2D eigenvalue weighted by molar-refractivity contribution is 0.102. The summed E-state index contributed by atoms with van der Waals surface area (Å²) in [5.74, 6) is 0.731. The van der Waals surface area contributed by atoms with Crippen LogP contribution in [0.2, 0.25) is 0 Å². The largest absolute Gasteiger partial charge is 0.354 e. The Hall–Kier alpha value is -3.72. The summed E-state index contributed by atoms with van der Waals surface area (Å²) in [6.45, 7) is 7.78. The lowest BCUT2D eigenvalue weighted by Crippen LogP contribution is -2.44. The van der Waals surface area contributed by atoms with Crippen molar-refractivity contribution in [2.45, 2.75) is 13.8 Å². The summed E-state index contributed by atoms with van der Waals surface area (Å²) in [4.78, 5) is 29.7. The number of hydrogen-bond acceptors (Lipinski definition) is 6. The van der Waals surface area contributed by atoms with E-state index < -0.39 is 0 Å². The van der Waals surface area contributed by atoms with Crippen molar-refractivity contribution in [1.29, 1.82) is 0 Å². The Morgan fingerprint density at radius 3 is 2.66 bits per heavy atom. The van der Waals surface area contributed by atoms with Gasteiger partial charge in [0.2, 0.25) is 0 Å². The van der Waals surface area contributed by atoms with Crippen molar-refractivity contribution in [2.24, 2.45) is 0 Å². The van der Waals surface area contributed by atoms with Gasteiger partial charge < -0.3 is 20.1 Å². The Balaban J connectivity index is 1.38. The number of nitrogens with one attached hydrogen (secondary N) is 3. The van der Waals surface area contributed by atoms with Gasteiger partial charge in [-0.3, -0.25) is 9.89 Å². The molecule has 9 heteroatoms. The Labute approximate surface area is 185 Å². The number of anilines is 2. The van der Waals surface area contributed by atoms with Crippen LogP contribution in [0.5, 0.6) is 0 Å². The molecule has 0 saturated carbocycles. The molecule has 5 heterocycles. The van der Waals surface area contributed by atoms with Crippen LogP contribution in [0.3, 0.4) is 0 Å².